The van der Waals surface area contributed by atoms with E-state index >= 15 is 0 Å². The summed E-state index contributed by atoms with van der Waals surface area (Å²) in [7, 11) is -3.75. The minimum absolute atomic E-state index is 0.184. The summed E-state index contributed by atoms with van der Waals surface area (Å²) < 4.78 is 48.5. The number of piperidine rings is 1. The first-order chi connectivity index (χ1) is 12.4. The van der Waals surface area contributed by atoms with E-state index in [9.17, 15) is 17.6 Å². The highest BCUT2D eigenvalue weighted by Gasteiger charge is 2.34. The molecule has 2 rings (SSSR count). The maximum absolute atomic E-state index is 13.7. The summed E-state index contributed by atoms with van der Waals surface area (Å²) in [6.45, 7) is 6.23. The zero-order valence-electron chi connectivity index (χ0n) is 15.9. The Morgan fingerprint density at radius 2 is 1.89 bits per heavy atom. The smallest absolute Gasteiger partial charge is 0.410 e. The molecular weight excluding hydrogens is 441 g/mol. The van der Waals surface area contributed by atoms with Gasteiger partial charge in [0.25, 0.3) is 10.1 Å². The zero-order valence-corrected chi connectivity index (χ0v) is 18.3. The first-order valence-corrected chi connectivity index (χ1v) is 11.3. The molecule has 0 aromatic heterocycles. The van der Waals surface area contributed by atoms with Crippen molar-refractivity contribution in [3.8, 4) is 0 Å². The fourth-order valence-corrected chi connectivity index (χ4v) is 4.13. The molecule has 0 N–H and O–H groups in total. The lowest BCUT2D eigenvalue weighted by atomic mass is 9.87. The lowest BCUT2D eigenvalue weighted by molar-refractivity contribution is 0.0110. The highest BCUT2D eigenvalue weighted by atomic mass is 79.9. The number of nitrogens with zero attached hydrogens (tertiary/aromatic N) is 1. The standard InChI is InChI=1S/C18H25BrFNO5S/c1-18(2,3)25-17(22)21-9-7-12(8-10-21)16(26-27(4,23)24)14-11-13(20)5-6-15(14)19/h5-6,11-12,16H,7-10H2,1-4H3. The summed E-state index contributed by atoms with van der Waals surface area (Å²) in [5.74, 6) is -0.655. The van der Waals surface area contributed by atoms with E-state index in [4.69, 9.17) is 8.92 Å². The fraction of sp³-hybridized carbons (Fsp3) is 0.611. The molecule has 152 valence electrons. The molecule has 0 spiro atoms. The molecule has 0 aliphatic carbocycles. The third kappa shape index (κ3) is 6.73. The molecule has 1 aromatic rings. The molecule has 0 saturated carbocycles. The number of halogens is 2. The maximum Gasteiger partial charge on any atom is 0.410 e. The summed E-state index contributed by atoms with van der Waals surface area (Å²) >= 11 is 3.35. The second-order valence-electron chi connectivity index (χ2n) is 7.69. The van der Waals surface area contributed by atoms with Crippen LogP contribution in [0.1, 0.15) is 45.3 Å². The number of carbonyl (C=O) groups excluding carboxylic acids is 1. The van der Waals surface area contributed by atoms with Gasteiger partial charge in [0.2, 0.25) is 0 Å². The van der Waals surface area contributed by atoms with Crippen LogP contribution >= 0.6 is 15.9 Å². The van der Waals surface area contributed by atoms with Crippen LogP contribution in [0.15, 0.2) is 22.7 Å². The van der Waals surface area contributed by atoms with Crippen LogP contribution in [0.2, 0.25) is 0 Å². The van der Waals surface area contributed by atoms with Crippen LogP contribution in [-0.2, 0) is 19.0 Å². The maximum atomic E-state index is 13.7. The number of rotatable bonds is 4. The van der Waals surface area contributed by atoms with Gasteiger partial charge >= 0.3 is 6.09 Å². The Labute approximate surface area is 168 Å². The fourth-order valence-electron chi connectivity index (χ4n) is 3.02. The zero-order chi connectivity index (χ0) is 20.4. The summed E-state index contributed by atoms with van der Waals surface area (Å²) in [6.07, 6.45) is 0.785. The molecule has 1 heterocycles. The average molecular weight is 466 g/mol. The van der Waals surface area contributed by atoms with Gasteiger partial charge in [0, 0.05) is 17.6 Å². The summed E-state index contributed by atoms with van der Waals surface area (Å²) in [6, 6.07) is 4.09. The van der Waals surface area contributed by atoms with E-state index < -0.39 is 33.7 Å². The number of hydrogen-bond donors (Lipinski definition) is 0. The Kier molecular flexibility index (Phi) is 6.91. The third-order valence-corrected chi connectivity index (χ3v) is 5.44. The van der Waals surface area contributed by atoms with Crippen molar-refractivity contribution < 1.29 is 26.5 Å². The molecule has 1 aromatic carbocycles. The Hall–Kier alpha value is -1.19. The summed E-state index contributed by atoms with van der Waals surface area (Å²) in [4.78, 5) is 13.8. The molecule has 0 radical (unpaired) electrons. The molecule has 1 aliphatic rings. The van der Waals surface area contributed by atoms with Crippen LogP contribution in [0.4, 0.5) is 9.18 Å². The van der Waals surface area contributed by atoms with Gasteiger partial charge in [0.15, 0.2) is 0 Å². The van der Waals surface area contributed by atoms with E-state index in [1.165, 1.54) is 18.2 Å². The van der Waals surface area contributed by atoms with E-state index in [0.29, 0.717) is 36.0 Å². The van der Waals surface area contributed by atoms with Crippen molar-refractivity contribution in [3.05, 3.63) is 34.1 Å². The predicted molar refractivity (Wildman–Crippen MR) is 103 cm³/mol. The van der Waals surface area contributed by atoms with Crippen LogP contribution in [0.25, 0.3) is 0 Å². The van der Waals surface area contributed by atoms with Crippen LogP contribution in [0.5, 0.6) is 0 Å². The number of hydrogen-bond acceptors (Lipinski definition) is 5. The molecule has 1 fully saturated rings. The van der Waals surface area contributed by atoms with Gasteiger partial charge in [-0.15, -0.1) is 0 Å². The van der Waals surface area contributed by atoms with Crippen LogP contribution < -0.4 is 0 Å². The second kappa shape index (κ2) is 8.45. The highest BCUT2D eigenvalue weighted by Crippen LogP contribution is 2.38. The Bertz CT molecular complexity index is 785. The first-order valence-electron chi connectivity index (χ1n) is 8.67. The molecule has 1 aliphatic heterocycles. The van der Waals surface area contributed by atoms with Crippen molar-refractivity contribution in [3.63, 3.8) is 0 Å². The number of likely N-dealkylation sites (tertiary alicyclic amines) is 1. The van der Waals surface area contributed by atoms with Gasteiger partial charge in [0.05, 0.1) is 6.26 Å². The monoisotopic (exact) mass is 465 g/mol. The van der Waals surface area contributed by atoms with Crippen molar-refractivity contribution in [1.29, 1.82) is 0 Å². The van der Waals surface area contributed by atoms with E-state index in [1.54, 1.807) is 25.7 Å². The average Bonchev–Trinajstić information content (AvgIpc) is 2.53. The summed E-state index contributed by atoms with van der Waals surface area (Å²) in [5.41, 5.74) is -0.140. The van der Waals surface area contributed by atoms with Gasteiger partial charge in [-0.1, -0.05) is 15.9 Å². The minimum atomic E-state index is -3.75. The van der Waals surface area contributed by atoms with Gasteiger partial charge in [0.1, 0.15) is 17.5 Å². The number of benzene rings is 1. The lowest BCUT2D eigenvalue weighted by Gasteiger charge is -2.36. The number of ether oxygens (including phenoxy) is 1. The summed E-state index contributed by atoms with van der Waals surface area (Å²) in [5, 5.41) is 0. The van der Waals surface area contributed by atoms with E-state index in [2.05, 4.69) is 15.9 Å². The van der Waals surface area contributed by atoms with Crippen molar-refractivity contribution in [2.24, 2.45) is 5.92 Å². The van der Waals surface area contributed by atoms with Gasteiger partial charge in [-0.2, -0.15) is 8.42 Å². The molecule has 9 heteroatoms. The normalized spacial score (nSPS) is 17.6. The molecule has 1 unspecified atom stereocenters. The SMILES string of the molecule is CC(C)(C)OC(=O)N1CCC(C(OS(C)(=O)=O)c2cc(F)ccc2Br)CC1. The van der Waals surface area contributed by atoms with Gasteiger partial charge < -0.3 is 9.64 Å². The van der Waals surface area contributed by atoms with Crippen molar-refractivity contribution in [2.45, 2.75) is 45.3 Å². The van der Waals surface area contributed by atoms with Crippen molar-refractivity contribution >= 4 is 32.1 Å². The van der Waals surface area contributed by atoms with E-state index in [0.717, 1.165) is 6.26 Å². The molecule has 0 bridgehead atoms. The quantitative estimate of drug-likeness (QED) is 0.621. The molecule has 1 atom stereocenters. The first kappa shape index (κ1) is 22.1. The van der Waals surface area contributed by atoms with Gasteiger partial charge in [-0.25, -0.2) is 9.18 Å². The minimum Gasteiger partial charge on any atom is -0.444 e. The predicted octanol–water partition coefficient (Wildman–Crippen LogP) is 4.25. The molecular formula is C18H25BrFNO5S. The molecule has 27 heavy (non-hydrogen) atoms. The molecule has 1 amide bonds. The lowest BCUT2D eigenvalue weighted by Crippen LogP contribution is -2.43. The Morgan fingerprint density at radius 1 is 1.30 bits per heavy atom. The number of amides is 1. The topological polar surface area (TPSA) is 72.9 Å². The van der Waals surface area contributed by atoms with Crippen LogP contribution in [0, 0.1) is 11.7 Å². The van der Waals surface area contributed by atoms with Crippen molar-refractivity contribution in [1.82, 2.24) is 4.90 Å². The Balaban J connectivity index is 2.17. The Morgan fingerprint density at radius 3 is 2.41 bits per heavy atom. The van der Waals surface area contributed by atoms with Crippen LogP contribution in [0.3, 0.4) is 0 Å². The second-order valence-corrected chi connectivity index (χ2v) is 10.1. The molecule has 6 nitrogen and oxygen atoms in total. The van der Waals surface area contributed by atoms with Gasteiger partial charge in [-0.3, -0.25) is 4.18 Å². The van der Waals surface area contributed by atoms with E-state index in [1.807, 2.05) is 0 Å². The highest BCUT2D eigenvalue weighted by molar-refractivity contribution is 9.10. The largest absolute Gasteiger partial charge is 0.444 e. The van der Waals surface area contributed by atoms with Crippen molar-refractivity contribution in [2.75, 3.05) is 19.3 Å². The third-order valence-electron chi connectivity index (χ3n) is 4.16. The van der Waals surface area contributed by atoms with Gasteiger partial charge in [-0.05, 0) is 63.3 Å². The molecule has 1 saturated heterocycles. The number of carbonyl (C=O) groups is 1. The van der Waals surface area contributed by atoms with E-state index in [-0.39, 0.29) is 5.92 Å². The van der Waals surface area contributed by atoms with Crippen LogP contribution in [-0.4, -0.2) is 44.4 Å².